The predicted molar refractivity (Wildman–Crippen MR) is 61.3 cm³/mol. The maximum Gasteiger partial charge on any atom is 0.433 e. The van der Waals surface area contributed by atoms with Gasteiger partial charge in [0, 0.05) is 19.2 Å². The molecular formula is C10H12F3N5O. The number of aromatic nitrogens is 2. The number of anilines is 2. The first-order chi connectivity index (χ1) is 8.79. The highest BCUT2D eigenvalue weighted by atomic mass is 19.4. The quantitative estimate of drug-likeness (QED) is 0.775. The lowest BCUT2D eigenvalue weighted by Gasteiger charge is -2.33. The molecule has 0 aliphatic carbocycles. The second kappa shape index (κ2) is 4.56. The lowest BCUT2D eigenvalue weighted by Crippen LogP contribution is -2.54. The highest BCUT2D eigenvalue weighted by Gasteiger charge is 2.35. The van der Waals surface area contributed by atoms with Gasteiger partial charge in [-0.05, 0) is 6.92 Å². The van der Waals surface area contributed by atoms with Crippen LogP contribution in [-0.2, 0) is 11.0 Å². The van der Waals surface area contributed by atoms with E-state index in [-0.39, 0.29) is 11.7 Å². The van der Waals surface area contributed by atoms with E-state index in [0.717, 1.165) is 6.07 Å². The number of piperazine rings is 1. The van der Waals surface area contributed by atoms with Crippen LogP contribution in [0.4, 0.5) is 24.9 Å². The van der Waals surface area contributed by atoms with E-state index >= 15 is 0 Å². The van der Waals surface area contributed by atoms with Crippen molar-refractivity contribution in [2.75, 3.05) is 23.7 Å². The van der Waals surface area contributed by atoms with Gasteiger partial charge >= 0.3 is 6.18 Å². The van der Waals surface area contributed by atoms with E-state index in [1.807, 2.05) is 0 Å². The van der Waals surface area contributed by atoms with Crippen LogP contribution in [0.3, 0.4) is 0 Å². The second-order valence-electron chi connectivity index (χ2n) is 4.13. The van der Waals surface area contributed by atoms with Gasteiger partial charge in [0.1, 0.15) is 11.9 Å². The molecule has 2 rings (SSSR count). The average molecular weight is 275 g/mol. The van der Waals surface area contributed by atoms with Gasteiger partial charge in [-0.2, -0.15) is 18.2 Å². The Hall–Kier alpha value is -2.06. The zero-order chi connectivity index (χ0) is 14.2. The number of nitrogens with two attached hydrogens (primary N) is 1. The average Bonchev–Trinajstić information content (AvgIpc) is 2.31. The van der Waals surface area contributed by atoms with Gasteiger partial charge < -0.3 is 16.0 Å². The minimum absolute atomic E-state index is 0.00201. The van der Waals surface area contributed by atoms with Crippen molar-refractivity contribution >= 4 is 17.7 Å². The lowest BCUT2D eigenvalue weighted by molar-refractivity contribution is -0.141. The third-order valence-electron chi connectivity index (χ3n) is 2.81. The van der Waals surface area contributed by atoms with Gasteiger partial charge in [0.15, 0.2) is 5.69 Å². The molecule has 1 aromatic rings. The van der Waals surface area contributed by atoms with E-state index in [0.29, 0.717) is 13.1 Å². The first-order valence-electron chi connectivity index (χ1n) is 5.55. The van der Waals surface area contributed by atoms with E-state index in [9.17, 15) is 18.0 Å². The molecule has 1 aliphatic rings. The van der Waals surface area contributed by atoms with Gasteiger partial charge in [0.2, 0.25) is 11.9 Å². The van der Waals surface area contributed by atoms with E-state index in [4.69, 9.17) is 5.73 Å². The first-order valence-corrected chi connectivity index (χ1v) is 5.55. The molecule has 1 saturated heterocycles. The summed E-state index contributed by atoms with van der Waals surface area (Å²) in [5, 5.41) is 2.61. The summed E-state index contributed by atoms with van der Waals surface area (Å²) in [5.41, 5.74) is 4.18. The van der Waals surface area contributed by atoms with Crippen LogP contribution in [0, 0.1) is 0 Å². The molecule has 2 heterocycles. The zero-order valence-corrected chi connectivity index (χ0v) is 10.0. The van der Waals surface area contributed by atoms with Crippen molar-refractivity contribution in [1.82, 2.24) is 15.3 Å². The smallest absolute Gasteiger partial charge is 0.368 e. The van der Waals surface area contributed by atoms with Gasteiger partial charge in [-0.25, -0.2) is 4.98 Å². The highest BCUT2D eigenvalue weighted by Crippen LogP contribution is 2.30. The minimum Gasteiger partial charge on any atom is -0.368 e. The normalized spacial score (nSPS) is 20.3. The molecule has 1 aliphatic heterocycles. The van der Waals surface area contributed by atoms with E-state index < -0.39 is 23.9 Å². The number of hydrogen-bond donors (Lipinski definition) is 2. The van der Waals surface area contributed by atoms with Crippen molar-refractivity contribution < 1.29 is 18.0 Å². The summed E-state index contributed by atoms with van der Waals surface area (Å²) < 4.78 is 37.9. The molecule has 1 amide bonds. The van der Waals surface area contributed by atoms with E-state index in [1.165, 1.54) is 4.90 Å². The number of rotatable bonds is 1. The fourth-order valence-corrected chi connectivity index (χ4v) is 1.84. The van der Waals surface area contributed by atoms with Crippen molar-refractivity contribution in [3.63, 3.8) is 0 Å². The van der Waals surface area contributed by atoms with E-state index in [2.05, 4.69) is 15.3 Å². The maximum absolute atomic E-state index is 12.6. The summed E-state index contributed by atoms with van der Waals surface area (Å²) in [6.07, 6.45) is -4.60. The SMILES string of the molecule is CC1C(=O)NCCN1c1cc(C(F)(F)F)nc(N)n1. The molecular weight excluding hydrogens is 263 g/mol. The third kappa shape index (κ3) is 2.69. The Kier molecular flexibility index (Phi) is 3.21. The number of nitrogen functional groups attached to an aromatic ring is 1. The molecule has 1 aromatic heterocycles. The van der Waals surface area contributed by atoms with Crippen LogP contribution >= 0.6 is 0 Å². The highest BCUT2D eigenvalue weighted by molar-refractivity contribution is 5.85. The number of amides is 1. The number of alkyl halides is 3. The Morgan fingerprint density at radius 1 is 1.47 bits per heavy atom. The van der Waals surface area contributed by atoms with Crippen LogP contribution < -0.4 is 16.0 Å². The van der Waals surface area contributed by atoms with Gasteiger partial charge in [0.05, 0.1) is 0 Å². The molecule has 0 bridgehead atoms. The van der Waals surface area contributed by atoms with Crippen molar-refractivity contribution in [2.24, 2.45) is 0 Å². The number of carbonyl (C=O) groups is 1. The fourth-order valence-electron chi connectivity index (χ4n) is 1.84. The number of nitrogens with one attached hydrogen (secondary N) is 1. The van der Waals surface area contributed by atoms with Crippen molar-refractivity contribution in [2.45, 2.75) is 19.1 Å². The van der Waals surface area contributed by atoms with Crippen LogP contribution in [-0.4, -0.2) is 35.0 Å². The van der Waals surface area contributed by atoms with Crippen LogP contribution in [0.15, 0.2) is 6.07 Å². The molecule has 0 aromatic carbocycles. The monoisotopic (exact) mass is 275 g/mol. The Balaban J connectivity index is 2.39. The predicted octanol–water partition coefficient (Wildman–Crippen LogP) is 0.402. The summed E-state index contributed by atoms with van der Waals surface area (Å²) in [6, 6.07) is 0.190. The topological polar surface area (TPSA) is 84.1 Å². The molecule has 9 heteroatoms. The molecule has 19 heavy (non-hydrogen) atoms. The Bertz CT molecular complexity index is 504. The Morgan fingerprint density at radius 2 is 2.16 bits per heavy atom. The van der Waals surface area contributed by atoms with Crippen molar-refractivity contribution in [3.8, 4) is 0 Å². The number of carbonyl (C=O) groups excluding carboxylic acids is 1. The standard InChI is InChI=1S/C10H12F3N5O/c1-5-8(19)15-2-3-18(5)7-4-6(10(11,12)13)16-9(14)17-7/h4-5H,2-3H2,1H3,(H,15,19)(H2,14,16,17). The molecule has 104 valence electrons. The van der Waals surface area contributed by atoms with Crippen molar-refractivity contribution in [3.05, 3.63) is 11.8 Å². The fraction of sp³-hybridized carbons (Fsp3) is 0.500. The summed E-state index contributed by atoms with van der Waals surface area (Å²) >= 11 is 0. The summed E-state index contributed by atoms with van der Waals surface area (Å²) in [4.78, 5) is 19.9. The van der Waals surface area contributed by atoms with Crippen molar-refractivity contribution in [1.29, 1.82) is 0 Å². The minimum atomic E-state index is -4.60. The summed E-state index contributed by atoms with van der Waals surface area (Å²) in [5.74, 6) is -0.734. The molecule has 1 atom stereocenters. The van der Waals surface area contributed by atoms with Crippen LogP contribution in [0.1, 0.15) is 12.6 Å². The Labute approximate surface area is 106 Å². The molecule has 1 unspecified atom stereocenters. The number of hydrogen-bond acceptors (Lipinski definition) is 5. The maximum atomic E-state index is 12.6. The molecule has 1 fully saturated rings. The van der Waals surface area contributed by atoms with Gasteiger partial charge in [-0.15, -0.1) is 0 Å². The molecule has 3 N–H and O–H groups in total. The molecule has 0 saturated carbocycles. The Morgan fingerprint density at radius 3 is 2.79 bits per heavy atom. The van der Waals surface area contributed by atoms with Gasteiger partial charge in [-0.3, -0.25) is 4.79 Å². The van der Waals surface area contributed by atoms with Gasteiger partial charge in [0.25, 0.3) is 0 Å². The third-order valence-corrected chi connectivity index (χ3v) is 2.81. The summed E-state index contributed by atoms with van der Waals surface area (Å²) in [6.45, 7) is 2.29. The summed E-state index contributed by atoms with van der Waals surface area (Å²) in [7, 11) is 0. The lowest BCUT2D eigenvalue weighted by atomic mass is 10.2. The molecule has 0 radical (unpaired) electrons. The zero-order valence-electron chi connectivity index (χ0n) is 10.0. The number of halogens is 3. The first kappa shape index (κ1) is 13.4. The largest absolute Gasteiger partial charge is 0.433 e. The van der Waals surface area contributed by atoms with Crippen LogP contribution in [0.25, 0.3) is 0 Å². The number of nitrogens with zero attached hydrogens (tertiary/aromatic N) is 3. The second-order valence-corrected chi connectivity index (χ2v) is 4.13. The van der Waals surface area contributed by atoms with Crippen LogP contribution in [0.5, 0.6) is 0 Å². The van der Waals surface area contributed by atoms with Crippen LogP contribution in [0.2, 0.25) is 0 Å². The molecule has 0 spiro atoms. The molecule has 6 nitrogen and oxygen atoms in total. The van der Waals surface area contributed by atoms with E-state index in [1.54, 1.807) is 6.92 Å². The van der Waals surface area contributed by atoms with Gasteiger partial charge in [-0.1, -0.05) is 0 Å².